The first kappa shape index (κ1) is 15.2. The van der Waals surface area contributed by atoms with E-state index < -0.39 is 5.60 Å². The van der Waals surface area contributed by atoms with Crippen LogP contribution in [0.3, 0.4) is 0 Å². The van der Waals surface area contributed by atoms with E-state index in [9.17, 15) is 9.18 Å². The number of amides is 1. The SMILES string of the molecule is CC(C)(C)OC(=O)N1CCN(CCF)CC1(C)C. The number of hydrogen-bond donors (Lipinski definition) is 0. The van der Waals surface area contributed by atoms with E-state index in [1.807, 2.05) is 39.5 Å². The third kappa shape index (κ3) is 4.12. The van der Waals surface area contributed by atoms with Crippen molar-refractivity contribution in [2.24, 2.45) is 0 Å². The van der Waals surface area contributed by atoms with Crippen LogP contribution in [0.4, 0.5) is 9.18 Å². The molecule has 1 aliphatic rings. The monoisotopic (exact) mass is 260 g/mol. The first-order valence-corrected chi connectivity index (χ1v) is 6.45. The summed E-state index contributed by atoms with van der Waals surface area (Å²) in [6, 6.07) is 0. The van der Waals surface area contributed by atoms with E-state index in [4.69, 9.17) is 4.74 Å². The molecular weight excluding hydrogens is 235 g/mol. The maximum atomic E-state index is 12.4. The molecule has 1 amide bonds. The first-order chi connectivity index (χ1) is 8.15. The van der Waals surface area contributed by atoms with Gasteiger partial charge in [0, 0.05) is 26.2 Å². The number of alkyl halides is 1. The molecule has 1 saturated heterocycles. The van der Waals surface area contributed by atoms with Crippen molar-refractivity contribution in [3.63, 3.8) is 0 Å². The first-order valence-electron chi connectivity index (χ1n) is 6.45. The molecule has 1 heterocycles. The molecule has 106 valence electrons. The average Bonchev–Trinajstić information content (AvgIpc) is 2.13. The predicted octanol–water partition coefficient (Wildman–Crippen LogP) is 2.29. The standard InChI is InChI=1S/C13H25FN2O2/c1-12(2,3)18-11(17)16-9-8-15(7-6-14)10-13(16,4)5/h6-10H2,1-5H3. The summed E-state index contributed by atoms with van der Waals surface area (Å²) < 4.78 is 17.8. The number of nitrogens with zero attached hydrogens (tertiary/aromatic N) is 2. The second-order valence-corrected chi connectivity index (χ2v) is 6.41. The van der Waals surface area contributed by atoms with Gasteiger partial charge in [0.1, 0.15) is 12.3 Å². The fraction of sp³-hybridized carbons (Fsp3) is 0.923. The summed E-state index contributed by atoms with van der Waals surface area (Å²) >= 11 is 0. The van der Waals surface area contributed by atoms with Crippen LogP contribution >= 0.6 is 0 Å². The van der Waals surface area contributed by atoms with Gasteiger partial charge in [0.25, 0.3) is 0 Å². The molecule has 18 heavy (non-hydrogen) atoms. The largest absolute Gasteiger partial charge is 0.444 e. The van der Waals surface area contributed by atoms with Crippen LogP contribution in [0.25, 0.3) is 0 Å². The summed E-state index contributed by atoms with van der Waals surface area (Å²) in [5.74, 6) is 0. The van der Waals surface area contributed by atoms with E-state index in [1.54, 1.807) is 4.90 Å². The lowest BCUT2D eigenvalue weighted by molar-refractivity contribution is -0.0235. The highest BCUT2D eigenvalue weighted by molar-refractivity contribution is 5.69. The van der Waals surface area contributed by atoms with Crippen molar-refractivity contribution in [3.8, 4) is 0 Å². The Morgan fingerprint density at radius 1 is 1.33 bits per heavy atom. The van der Waals surface area contributed by atoms with Crippen molar-refractivity contribution >= 4 is 6.09 Å². The summed E-state index contributed by atoms with van der Waals surface area (Å²) in [6.07, 6.45) is -0.285. The minimum absolute atomic E-state index is 0.285. The molecule has 4 nitrogen and oxygen atoms in total. The number of rotatable bonds is 2. The van der Waals surface area contributed by atoms with Crippen molar-refractivity contribution in [2.45, 2.75) is 45.8 Å². The van der Waals surface area contributed by atoms with Crippen molar-refractivity contribution < 1.29 is 13.9 Å². The molecule has 0 saturated carbocycles. The second kappa shape index (κ2) is 5.43. The third-order valence-corrected chi connectivity index (χ3v) is 3.00. The van der Waals surface area contributed by atoms with E-state index in [-0.39, 0.29) is 18.3 Å². The molecule has 0 radical (unpaired) electrons. The number of hydrogen-bond acceptors (Lipinski definition) is 3. The zero-order valence-electron chi connectivity index (χ0n) is 12.1. The highest BCUT2D eigenvalue weighted by Crippen LogP contribution is 2.23. The van der Waals surface area contributed by atoms with Crippen LogP contribution in [0.15, 0.2) is 0 Å². The fourth-order valence-corrected chi connectivity index (χ4v) is 2.22. The second-order valence-electron chi connectivity index (χ2n) is 6.41. The number of carbonyl (C=O) groups excluding carboxylic acids is 1. The summed E-state index contributed by atoms with van der Waals surface area (Å²) in [4.78, 5) is 15.9. The topological polar surface area (TPSA) is 32.8 Å². The maximum Gasteiger partial charge on any atom is 0.410 e. The van der Waals surface area contributed by atoms with Gasteiger partial charge < -0.3 is 9.64 Å². The number of halogens is 1. The Balaban J connectivity index is 2.65. The Bertz CT molecular complexity index is 300. The van der Waals surface area contributed by atoms with Crippen molar-refractivity contribution in [1.29, 1.82) is 0 Å². The van der Waals surface area contributed by atoms with Gasteiger partial charge in [-0.2, -0.15) is 0 Å². The van der Waals surface area contributed by atoms with Gasteiger partial charge in [-0.05, 0) is 34.6 Å². The smallest absolute Gasteiger partial charge is 0.410 e. The summed E-state index contributed by atoms with van der Waals surface area (Å²) in [5, 5.41) is 0. The molecule has 1 aliphatic heterocycles. The van der Waals surface area contributed by atoms with Crippen LogP contribution in [0.5, 0.6) is 0 Å². The molecule has 0 unspecified atom stereocenters. The molecule has 5 heteroatoms. The Morgan fingerprint density at radius 2 is 1.94 bits per heavy atom. The maximum absolute atomic E-state index is 12.4. The van der Waals surface area contributed by atoms with Crippen LogP contribution in [-0.4, -0.2) is 59.9 Å². The van der Waals surface area contributed by atoms with Crippen LogP contribution in [-0.2, 0) is 4.74 Å². The Hall–Kier alpha value is -0.840. The molecule has 0 spiro atoms. The van der Waals surface area contributed by atoms with Gasteiger partial charge in [-0.25, -0.2) is 9.18 Å². The highest BCUT2D eigenvalue weighted by Gasteiger charge is 2.38. The van der Waals surface area contributed by atoms with E-state index in [2.05, 4.69) is 0 Å². The van der Waals surface area contributed by atoms with E-state index in [0.717, 1.165) is 0 Å². The summed E-state index contributed by atoms with van der Waals surface area (Å²) in [5.41, 5.74) is -0.807. The van der Waals surface area contributed by atoms with Crippen molar-refractivity contribution in [2.75, 3.05) is 32.9 Å². The molecule has 1 fully saturated rings. The number of ether oxygens (including phenoxy) is 1. The zero-order valence-corrected chi connectivity index (χ0v) is 12.1. The van der Waals surface area contributed by atoms with E-state index in [0.29, 0.717) is 26.2 Å². The van der Waals surface area contributed by atoms with Crippen LogP contribution in [0.2, 0.25) is 0 Å². The Labute approximate surface area is 109 Å². The fourth-order valence-electron chi connectivity index (χ4n) is 2.22. The lowest BCUT2D eigenvalue weighted by Gasteiger charge is -2.46. The molecule has 0 N–H and O–H groups in total. The van der Waals surface area contributed by atoms with Gasteiger partial charge in [0.15, 0.2) is 0 Å². The van der Waals surface area contributed by atoms with Gasteiger partial charge >= 0.3 is 6.09 Å². The zero-order chi connectivity index (χ0) is 14.0. The normalized spacial score (nSPS) is 20.9. The number of carbonyl (C=O) groups is 1. The average molecular weight is 260 g/mol. The number of piperazine rings is 1. The molecule has 0 atom stereocenters. The van der Waals surface area contributed by atoms with Crippen molar-refractivity contribution in [3.05, 3.63) is 0 Å². The summed E-state index contributed by atoms with van der Waals surface area (Å²) in [6.45, 7) is 11.6. The molecule has 0 aromatic rings. The van der Waals surface area contributed by atoms with Gasteiger partial charge in [0.05, 0.1) is 5.54 Å². The van der Waals surface area contributed by atoms with Crippen LogP contribution < -0.4 is 0 Å². The predicted molar refractivity (Wildman–Crippen MR) is 69.4 cm³/mol. The molecule has 1 rings (SSSR count). The van der Waals surface area contributed by atoms with Crippen molar-refractivity contribution in [1.82, 2.24) is 9.80 Å². The van der Waals surface area contributed by atoms with Crippen LogP contribution in [0, 0.1) is 0 Å². The van der Waals surface area contributed by atoms with Crippen LogP contribution in [0.1, 0.15) is 34.6 Å². The van der Waals surface area contributed by atoms with Gasteiger partial charge in [-0.3, -0.25) is 4.90 Å². The minimum Gasteiger partial charge on any atom is -0.444 e. The Kier molecular flexibility index (Phi) is 4.59. The molecule has 0 bridgehead atoms. The van der Waals surface area contributed by atoms with Gasteiger partial charge in [-0.15, -0.1) is 0 Å². The minimum atomic E-state index is -0.483. The van der Waals surface area contributed by atoms with Gasteiger partial charge in [0.2, 0.25) is 0 Å². The van der Waals surface area contributed by atoms with E-state index >= 15 is 0 Å². The molecular formula is C13H25FN2O2. The Morgan fingerprint density at radius 3 is 2.39 bits per heavy atom. The van der Waals surface area contributed by atoms with E-state index in [1.165, 1.54) is 0 Å². The highest BCUT2D eigenvalue weighted by atomic mass is 19.1. The molecule has 0 aliphatic carbocycles. The lowest BCUT2D eigenvalue weighted by Crippen LogP contribution is -2.61. The summed E-state index contributed by atoms with van der Waals surface area (Å²) in [7, 11) is 0. The third-order valence-electron chi connectivity index (χ3n) is 3.00. The molecule has 0 aromatic carbocycles. The lowest BCUT2D eigenvalue weighted by atomic mass is 9.99. The van der Waals surface area contributed by atoms with Gasteiger partial charge in [-0.1, -0.05) is 0 Å². The molecule has 0 aromatic heterocycles. The quantitative estimate of drug-likeness (QED) is 0.763.